The van der Waals surface area contributed by atoms with Crippen LogP contribution >= 0.6 is 0 Å². The van der Waals surface area contributed by atoms with Crippen LogP contribution in [0.3, 0.4) is 0 Å². The highest BCUT2D eigenvalue weighted by molar-refractivity contribution is 6.58. The van der Waals surface area contributed by atoms with Crippen molar-refractivity contribution < 1.29 is 10.0 Å². The molecule has 0 saturated heterocycles. The van der Waals surface area contributed by atoms with Gasteiger partial charge in [-0.25, -0.2) is 0 Å². The lowest BCUT2D eigenvalue weighted by atomic mass is 9.61. The summed E-state index contributed by atoms with van der Waals surface area (Å²) in [4.78, 5) is 0. The maximum Gasteiger partial charge on any atom is 0.488 e. The molecule has 0 radical (unpaired) electrons. The molecule has 2 nitrogen and oxygen atoms in total. The highest BCUT2D eigenvalue weighted by Gasteiger charge is 2.37. The van der Waals surface area contributed by atoms with Crippen molar-refractivity contribution in [3.8, 4) is 0 Å². The molecule has 1 aromatic rings. The molecule has 17 heavy (non-hydrogen) atoms. The molecule has 2 rings (SSSR count). The third-order valence-corrected chi connectivity index (χ3v) is 4.18. The molecule has 2 N–H and O–H groups in total. The van der Waals surface area contributed by atoms with Crippen LogP contribution in [-0.2, 0) is 10.8 Å². The van der Waals surface area contributed by atoms with Gasteiger partial charge in [0.05, 0.1) is 0 Å². The Balaban J connectivity index is 2.60. The number of hydrogen-bond acceptors (Lipinski definition) is 2. The minimum atomic E-state index is -1.37. The Morgan fingerprint density at radius 1 is 0.941 bits per heavy atom. The Hall–Kier alpha value is -0.795. The first-order valence-corrected chi connectivity index (χ1v) is 6.25. The number of benzene rings is 1. The summed E-state index contributed by atoms with van der Waals surface area (Å²) in [6, 6.07) is 5.85. The van der Waals surface area contributed by atoms with E-state index in [-0.39, 0.29) is 10.8 Å². The van der Waals surface area contributed by atoms with E-state index in [1.165, 1.54) is 17.5 Å². The molecule has 0 bridgehead atoms. The maximum absolute atomic E-state index is 9.28. The van der Waals surface area contributed by atoms with Crippen molar-refractivity contribution in [2.75, 3.05) is 0 Å². The van der Waals surface area contributed by atoms with Crippen LogP contribution in [0.2, 0.25) is 0 Å². The Labute approximate surface area is 104 Å². The van der Waals surface area contributed by atoms with Crippen LogP contribution in [0, 0.1) is 0 Å². The Morgan fingerprint density at radius 2 is 1.47 bits per heavy atom. The molecule has 0 atom stereocenters. The van der Waals surface area contributed by atoms with E-state index in [1.807, 2.05) is 12.1 Å². The van der Waals surface area contributed by atoms with Gasteiger partial charge in [-0.1, -0.05) is 45.9 Å². The van der Waals surface area contributed by atoms with Gasteiger partial charge in [-0.3, -0.25) is 0 Å². The normalized spacial score (nSPS) is 20.8. The van der Waals surface area contributed by atoms with E-state index in [9.17, 15) is 10.0 Å². The predicted molar refractivity (Wildman–Crippen MR) is 71.6 cm³/mol. The highest BCUT2D eigenvalue weighted by atomic mass is 16.4. The minimum Gasteiger partial charge on any atom is -0.423 e. The first-order valence-electron chi connectivity index (χ1n) is 6.25. The molecule has 1 aliphatic carbocycles. The van der Waals surface area contributed by atoms with E-state index in [4.69, 9.17) is 0 Å². The quantitative estimate of drug-likeness (QED) is 0.723. The fraction of sp³-hybridized carbons (Fsp3) is 0.571. The summed E-state index contributed by atoms with van der Waals surface area (Å²) in [5.74, 6) is 0. The molecule has 92 valence electrons. The number of rotatable bonds is 1. The second kappa shape index (κ2) is 3.86. The summed E-state index contributed by atoms with van der Waals surface area (Å²) in [6.07, 6.45) is 2.31. The lowest BCUT2D eigenvalue weighted by Gasteiger charge is -2.42. The first kappa shape index (κ1) is 12.7. The lowest BCUT2D eigenvalue weighted by molar-refractivity contribution is 0.332. The standard InChI is InChI=1S/C14H21BO2/c1-13(2)7-8-14(3,4)12-9-10(15(16)17)5-6-11(12)13/h5-6,9,16-17H,7-8H2,1-4H3. The fourth-order valence-corrected chi connectivity index (χ4v) is 2.77. The first-order chi connectivity index (χ1) is 7.74. The van der Waals surface area contributed by atoms with E-state index in [2.05, 4.69) is 33.8 Å². The molecule has 0 saturated carbocycles. The van der Waals surface area contributed by atoms with Gasteiger partial charge >= 0.3 is 7.12 Å². The molecule has 0 spiro atoms. The predicted octanol–water partition coefficient (Wildman–Crippen LogP) is 1.72. The Bertz CT molecular complexity index is 436. The van der Waals surface area contributed by atoms with Crippen molar-refractivity contribution in [2.45, 2.75) is 51.4 Å². The molecule has 0 amide bonds. The molecule has 0 fully saturated rings. The Morgan fingerprint density at radius 3 is 2.00 bits per heavy atom. The zero-order valence-electron chi connectivity index (χ0n) is 11.1. The summed E-state index contributed by atoms with van der Waals surface area (Å²) < 4.78 is 0. The van der Waals surface area contributed by atoms with Crippen LogP contribution in [0.5, 0.6) is 0 Å². The van der Waals surface area contributed by atoms with Gasteiger partial charge in [0.15, 0.2) is 0 Å². The van der Waals surface area contributed by atoms with Gasteiger partial charge in [-0.05, 0) is 40.3 Å². The van der Waals surface area contributed by atoms with E-state index in [0.29, 0.717) is 5.46 Å². The van der Waals surface area contributed by atoms with Crippen LogP contribution in [0.25, 0.3) is 0 Å². The van der Waals surface area contributed by atoms with E-state index in [1.54, 1.807) is 0 Å². The third kappa shape index (κ3) is 2.14. The monoisotopic (exact) mass is 232 g/mol. The number of hydrogen-bond donors (Lipinski definition) is 2. The van der Waals surface area contributed by atoms with Crippen molar-refractivity contribution in [3.05, 3.63) is 29.3 Å². The van der Waals surface area contributed by atoms with Gasteiger partial charge in [0, 0.05) is 0 Å². The van der Waals surface area contributed by atoms with Gasteiger partial charge in [0.1, 0.15) is 0 Å². The topological polar surface area (TPSA) is 40.5 Å². The maximum atomic E-state index is 9.28. The average molecular weight is 232 g/mol. The van der Waals surface area contributed by atoms with Crippen molar-refractivity contribution in [1.82, 2.24) is 0 Å². The zero-order valence-corrected chi connectivity index (χ0v) is 11.1. The minimum absolute atomic E-state index is 0.121. The van der Waals surface area contributed by atoms with Crippen LogP contribution in [0.4, 0.5) is 0 Å². The van der Waals surface area contributed by atoms with E-state index >= 15 is 0 Å². The van der Waals surface area contributed by atoms with Crippen LogP contribution in [0.15, 0.2) is 18.2 Å². The number of fused-ring (bicyclic) bond motifs is 1. The van der Waals surface area contributed by atoms with Crippen molar-refractivity contribution in [1.29, 1.82) is 0 Å². The second-order valence-corrected chi connectivity index (χ2v) is 6.45. The zero-order chi connectivity index (χ0) is 12.8. The van der Waals surface area contributed by atoms with Gasteiger partial charge in [0.25, 0.3) is 0 Å². The Kier molecular flexibility index (Phi) is 2.87. The fourth-order valence-electron chi connectivity index (χ4n) is 2.77. The SMILES string of the molecule is CC1(C)CCC(C)(C)c2cc(B(O)O)ccc21. The lowest BCUT2D eigenvalue weighted by Crippen LogP contribution is -2.37. The summed E-state index contributed by atoms with van der Waals surface area (Å²) in [5, 5.41) is 18.6. The molecule has 3 heteroatoms. The van der Waals surface area contributed by atoms with Gasteiger partial charge in [-0.15, -0.1) is 0 Å². The summed E-state index contributed by atoms with van der Waals surface area (Å²) in [5.41, 5.74) is 3.51. The van der Waals surface area contributed by atoms with E-state index < -0.39 is 7.12 Å². The van der Waals surface area contributed by atoms with E-state index in [0.717, 1.165) is 6.42 Å². The molecule has 0 aromatic heterocycles. The van der Waals surface area contributed by atoms with Crippen LogP contribution < -0.4 is 5.46 Å². The summed E-state index contributed by atoms with van der Waals surface area (Å²) in [6.45, 7) is 8.98. The van der Waals surface area contributed by atoms with Gasteiger partial charge < -0.3 is 10.0 Å². The molecule has 1 aliphatic rings. The smallest absolute Gasteiger partial charge is 0.423 e. The van der Waals surface area contributed by atoms with Gasteiger partial charge in [-0.2, -0.15) is 0 Å². The van der Waals surface area contributed by atoms with Crippen molar-refractivity contribution in [3.63, 3.8) is 0 Å². The molecular formula is C14H21BO2. The molecule has 0 aliphatic heterocycles. The molecule has 0 unspecified atom stereocenters. The molecule has 0 heterocycles. The third-order valence-electron chi connectivity index (χ3n) is 4.18. The summed E-state index contributed by atoms with van der Waals surface area (Å²) >= 11 is 0. The summed E-state index contributed by atoms with van der Waals surface area (Å²) in [7, 11) is -1.37. The average Bonchev–Trinajstić information content (AvgIpc) is 2.24. The van der Waals surface area contributed by atoms with Crippen LogP contribution in [-0.4, -0.2) is 17.2 Å². The largest absolute Gasteiger partial charge is 0.488 e. The molecular weight excluding hydrogens is 211 g/mol. The van der Waals surface area contributed by atoms with Crippen molar-refractivity contribution in [2.24, 2.45) is 0 Å². The van der Waals surface area contributed by atoms with Gasteiger partial charge in [0.2, 0.25) is 0 Å². The van der Waals surface area contributed by atoms with Crippen LogP contribution in [0.1, 0.15) is 51.7 Å². The highest BCUT2D eigenvalue weighted by Crippen LogP contribution is 2.45. The van der Waals surface area contributed by atoms with Crippen molar-refractivity contribution >= 4 is 12.6 Å². The second-order valence-electron chi connectivity index (χ2n) is 6.45. The molecule has 1 aromatic carbocycles.